The molecule has 5 rings (SSSR count). The predicted molar refractivity (Wildman–Crippen MR) is 116 cm³/mol. The van der Waals surface area contributed by atoms with Crippen molar-refractivity contribution in [3.8, 4) is 34.3 Å². The van der Waals surface area contributed by atoms with Crippen LogP contribution in [0.25, 0.3) is 22.8 Å². The summed E-state index contributed by atoms with van der Waals surface area (Å²) in [5, 5.41) is 4.08. The lowest BCUT2D eigenvalue weighted by molar-refractivity contribution is 0.0145. The van der Waals surface area contributed by atoms with Crippen LogP contribution in [-0.4, -0.2) is 46.3 Å². The van der Waals surface area contributed by atoms with Crippen molar-refractivity contribution in [3.05, 3.63) is 78.6 Å². The van der Waals surface area contributed by atoms with Crippen LogP contribution >= 0.6 is 0 Å². The van der Waals surface area contributed by atoms with Gasteiger partial charge in [-0.3, -0.25) is 9.88 Å². The minimum atomic E-state index is 0.194. The number of benzene rings is 2. The van der Waals surface area contributed by atoms with Crippen molar-refractivity contribution >= 4 is 0 Å². The van der Waals surface area contributed by atoms with Gasteiger partial charge in [0.2, 0.25) is 5.82 Å². The van der Waals surface area contributed by atoms with Crippen LogP contribution in [0.3, 0.4) is 0 Å². The molecule has 0 bridgehead atoms. The molecule has 0 atom stereocenters. The summed E-state index contributed by atoms with van der Waals surface area (Å²) in [6.07, 6.45) is 3.59. The molecule has 1 aliphatic rings. The van der Waals surface area contributed by atoms with Crippen LogP contribution in [0.2, 0.25) is 0 Å². The summed E-state index contributed by atoms with van der Waals surface area (Å²) in [5.41, 5.74) is 2.97. The zero-order valence-corrected chi connectivity index (χ0v) is 17.1. The Kier molecular flexibility index (Phi) is 5.33. The summed E-state index contributed by atoms with van der Waals surface area (Å²) < 4.78 is 16.8. The second-order valence-electron chi connectivity index (χ2n) is 7.47. The van der Waals surface area contributed by atoms with Crippen molar-refractivity contribution in [1.29, 1.82) is 0 Å². The topological polar surface area (TPSA) is 73.5 Å². The van der Waals surface area contributed by atoms with Gasteiger partial charge in [0.25, 0.3) is 5.89 Å². The minimum absolute atomic E-state index is 0.194. The molecule has 0 aliphatic carbocycles. The predicted octanol–water partition coefficient (Wildman–Crippen LogP) is 4.07. The standard InChI is InChI=1S/C24H22N4O3/c1-29-21-4-2-3-17(13-21)14-28-15-22(16-28)30-20-7-5-18(6-8-20)23-26-24(31-27-23)19-9-11-25-12-10-19/h2-13,22H,14-16H2,1H3. The van der Waals surface area contributed by atoms with Gasteiger partial charge in [-0.05, 0) is 54.1 Å². The van der Waals surface area contributed by atoms with Gasteiger partial charge >= 0.3 is 0 Å². The lowest BCUT2D eigenvalue weighted by Crippen LogP contribution is -2.53. The highest BCUT2D eigenvalue weighted by Gasteiger charge is 2.28. The second-order valence-corrected chi connectivity index (χ2v) is 7.47. The number of methoxy groups -OCH3 is 1. The number of rotatable bonds is 7. The number of pyridine rings is 1. The minimum Gasteiger partial charge on any atom is -0.497 e. The van der Waals surface area contributed by atoms with E-state index in [1.54, 1.807) is 19.5 Å². The van der Waals surface area contributed by atoms with Crippen LogP contribution < -0.4 is 9.47 Å². The first kappa shape index (κ1) is 19.3. The summed E-state index contributed by atoms with van der Waals surface area (Å²) in [6, 6.07) is 19.6. The molecule has 0 amide bonds. The normalized spacial score (nSPS) is 14.2. The van der Waals surface area contributed by atoms with Crippen LogP contribution in [0.15, 0.2) is 77.6 Å². The van der Waals surface area contributed by atoms with E-state index in [0.717, 1.165) is 42.3 Å². The molecule has 0 N–H and O–H groups in total. The van der Waals surface area contributed by atoms with Crippen LogP contribution in [0, 0.1) is 0 Å². The van der Waals surface area contributed by atoms with E-state index in [2.05, 4.69) is 32.2 Å². The molecule has 1 fully saturated rings. The van der Waals surface area contributed by atoms with E-state index < -0.39 is 0 Å². The molecule has 7 heteroatoms. The van der Waals surface area contributed by atoms with E-state index in [-0.39, 0.29) is 6.10 Å². The fourth-order valence-corrected chi connectivity index (χ4v) is 3.58. The highest BCUT2D eigenvalue weighted by atomic mass is 16.5. The summed E-state index contributed by atoms with van der Waals surface area (Å²) in [6.45, 7) is 2.70. The first-order chi connectivity index (χ1) is 15.3. The maximum Gasteiger partial charge on any atom is 0.258 e. The Morgan fingerprint density at radius 2 is 1.77 bits per heavy atom. The lowest BCUT2D eigenvalue weighted by Gasteiger charge is -2.39. The molecule has 2 aromatic heterocycles. The average Bonchev–Trinajstić information content (AvgIpc) is 3.29. The number of likely N-dealkylation sites (tertiary alicyclic amines) is 1. The quantitative estimate of drug-likeness (QED) is 0.451. The smallest absolute Gasteiger partial charge is 0.258 e. The van der Waals surface area contributed by atoms with Crippen molar-refractivity contribution < 1.29 is 14.0 Å². The van der Waals surface area contributed by atoms with Crippen LogP contribution in [0.4, 0.5) is 0 Å². The molecule has 0 spiro atoms. The van der Waals surface area contributed by atoms with Crippen molar-refractivity contribution in [3.63, 3.8) is 0 Å². The van der Waals surface area contributed by atoms with E-state index >= 15 is 0 Å². The molecule has 0 radical (unpaired) electrons. The SMILES string of the molecule is COc1cccc(CN2CC(Oc3ccc(-c4noc(-c5ccncc5)n4)cc3)C2)c1. The van der Waals surface area contributed by atoms with Crippen LogP contribution in [-0.2, 0) is 6.54 Å². The van der Waals surface area contributed by atoms with Gasteiger partial charge in [-0.1, -0.05) is 17.3 Å². The number of nitrogens with zero attached hydrogens (tertiary/aromatic N) is 4. The zero-order valence-electron chi connectivity index (χ0n) is 17.1. The molecule has 3 heterocycles. The molecule has 1 saturated heterocycles. The summed E-state index contributed by atoms with van der Waals surface area (Å²) >= 11 is 0. The Morgan fingerprint density at radius 3 is 2.55 bits per heavy atom. The molecule has 0 unspecified atom stereocenters. The summed E-state index contributed by atoms with van der Waals surface area (Å²) in [5.74, 6) is 2.75. The van der Waals surface area contributed by atoms with Gasteiger partial charge in [-0.25, -0.2) is 0 Å². The largest absolute Gasteiger partial charge is 0.497 e. The first-order valence-electron chi connectivity index (χ1n) is 10.1. The molecule has 1 aliphatic heterocycles. The third kappa shape index (κ3) is 4.41. The first-order valence-corrected chi connectivity index (χ1v) is 10.1. The van der Waals surface area contributed by atoms with E-state index in [9.17, 15) is 0 Å². The van der Waals surface area contributed by atoms with Gasteiger partial charge in [0.15, 0.2) is 0 Å². The summed E-state index contributed by atoms with van der Waals surface area (Å²) in [4.78, 5) is 10.8. The van der Waals surface area contributed by atoms with Gasteiger partial charge < -0.3 is 14.0 Å². The molecule has 2 aromatic carbocycles. The highest BCUT2D eigenvalue weighted by Crippen LogP contribution is 2.25. The maximum absolute atomic E-state index is 6.09. The Labute approximate surface area is 180 Å². The number of aromatic nitrogens is 3. The number of hydrogen-bond acceptors (Lipinski definition) is 7. The van der Waals surface area contributed by atoms with Gasteiger partial charge in [0, 0.05) is 43.2 Å². The average molecular weight is 414 g/mol. The molecule has 31 heavy (non-hydrogen) atoms. The number of ether oxygens (including phenoxy) is 2. The molecule has 4 aromatic rings. The lowest BCUT2D eigenvalue weighted by atomic mass is 10.1. The number of hydrogen-bond donors (Lipinski definition) is 0. The van der Waals surface area contributed by atoms with Crippen molar-refractivity contribution in [2.75, 3.05) is 20.2 Å². The van der Waals surface area contributed by atoms with Crippen molar-refractivity contribution in [2.24, 2.45) is 0 Å². The Balaban J connectivity index is 1.15. The second kappa shape index (κ2) is 8.57. The van der Waals surface area contributed by atoms with Gasteiger partial charge in [-0.2, -0.15) is 4.98 Å². The van der Waals surface area contributed by atoms with E-state index in [1.807, 2.05) is 48.5 Å². The van der Waals surface area contributed by atoms with Gasteiger partial charge in [-0.15, -0.1) is 0 Å². The fourth-order valence-electron chi connectivity index (χ4n) is 3.58. The fraction of sp³-hybridized carbons (Fsp3) is 0.208. The highest BCUT2D eigenvalue weighted by molar-refractivity contribution is 5.60. The zero-order chi connectivity index (χ0) is 21.0. The molecule has 7 nitrogen and oxygen atoms in total. The Morgan fingerprint density at radius 1 is 0.968 bits per heavy atom. The molecule has 156 valence electrons. The van der Waals surface area contributed by atoms with Gasteiger partial charge in [0.1, 0.15) is 17.6 Å². The monoisotopic (exact) mass is 414 g/mol. The Hall–Kier alpha value is -3.71. The Bertz CT molecular complexity index is 1140. The maximum atomic E-state index is 6.09. The molecular formula is C24H22N4O3. The van der Waals surface area contributed by atoms with E-state index in [0.29, 0.717) is 11.7 Å². The van der Waals surface area contributed by atoms with Crippen molar-refractivity contribution in [1.82, 2.24) is 20.0 Å². The summed E-state index contributed by atoms with van der Waals surface area (Å²) in [7, 11) is 1.69. The third-order valence-electron chi connectivity index (χ3n) is 5.23. The van der Waals surface area contributed by atoms with Gasteiger partial charge in [0.05, 0.1) is 7.11 Å². The van der Waals surface area contributed by atoms with E-state index in [4.69, 9.17) is 14.0 Å². The van der Waals surface area contributed by atoms with Crippen molar-refractivity contribution in [2.45, 2.75) is 12.6 Å². The van der Waals surface area contributed by atoms with Crippen LogP contribution in [0.5, 0.6) is 11.5 Å². The molecular weight excluding hydrogens is 392 g/mol. The third-order valence-corrected chi connectivity index (χ3v) is 5.23. The van der Waals surface area contributed by atoms with Crippen LogP contribution in [0.1, 0.15) is 5.56 Å². The molecule has 0 saturated carbocycles. The van der Waals surface area contributed by atoms with E-state index in [1.165, 1.54) is 5.56 Å².